The summed E-state index contributed by atoms with van der Waals surface area (Å²) >= 11 is 0. The standard InChI is InChI=1S/C28H23F3O2/c1-2-3-18-4-6-19(7-5-18)8-9-20-10-13-24(25(29)14-20)28(32)33-23-12-11-21-16-26(30)27(31)17-22(21)15-23/h2-3,10-19H,4-7H2,1H3/b3-2+. The summed E-state index contributed by atoms with van der Waals surface area (Å²) < 4.78 is 46.7. The molecule has 5 heteroatoms. The van der Waals surface area contributed by atoms with Gasteiger partial charge in [-0.25, -0.2) is 18.0 Å². The van der Waals surface area contributed by atoms with E-state index < -0.39 is 23.4 Å². The number of halogens is 3. The zero-order valence-electron chi connectivity index (χ0n) is 18.2. The lowest BCUT2D eigenvalue weighted by atomic mass is 9.82. The quantitative estimate of drug-likeness (QED) is 0.183. The predicted octanol–water partition coefficient (Wildman–Crippen LogP) is 7.21. The first kappa shape index (κ1) is 22.7. The number of hydrogen-bond donors (Lipinski definition) is 0. The van der Waals surface area contributed by atoms with E-state index in [9.17, 15) is 18.0 Å². The molecule has 1 aliphatic carbocycles. The zero-order valence-corrected chi connectivity index (χ0v) is 18.2. The van der Waals surface area contributed by atoms with Crippen molar-refractivity contribution in [2.75, 3.05) is 0 Å². The molecule has 3 aromatic carbocycles. The number of benzene rings is 3. The molecule has 0 saturated heterocycles. The summed E-state index contributed by atoms with van der Waals surface area (Å²) in [5.41, 5.74) is 0.278. The second-order valence-corrected chi connectivity index (χ2v) is 8.27. The van der Waals surface area contributed by atoms with Gasteiger partial charge in [-0.15, -0.1) is 0 Å². The van der Waals surface area contributed by atoms with Crippen LogP contribution in [0.3, 0.4) is 0 Å². The molecule has 4 rings (SSSR count). The van der Waals surface area contributed by atoms with Gasteiger partial charge in [0, 0.05) is 11.5 Å². The Labute approximate surface area is 191 Å². The van der Waals surface area contributed by atoms with Crippen LogP contribution in [0.4, 0.5) is 13.2 Å². The van der Waals surface area contributed by atoms with Crippen molar-refractivity contribution in [3.63, 3.8) is 0 Å². The van der Waals surface area contributed by atoms with Crippen molar-refractivity contribution in [1.29, 1.82) is 0 Å². The molecule has 0 bridgehead atoms. The van der Waals surface area contributed by atoms with E-state index in [4.69, 9.17) is 4.74 Å². The maximum atomic E-state index is 14.6. The van der Waals surface area contributed by atoms with Gasteiger partial charge < -0.3 is 4.74 Å². The Morgan fingerprint density at radius 3 is 2.33 bits per heavy atom. The maximum Gasteiger partial charge on any atom is 0.346 e. The Kier molecular flexibility index (Phi) is 6.84. The van der Waals surface area contributed by atoms with Crippen LogP contribution in [-0.4, -0.2) is 5.97 Å². The largest absolute Gasteiger partial charge is 0.423 e. The average Bonchev–Trinajstić information content (AvgIpc) is 2.80. The lowest BCUT2D eigenvalue weighted by Gasteiger charge is -2.22. The van der Waals surface area contributed by atoms with Crippen molar-refractivity contribution in [1.82, 2.24) is 0 Å². The second-order valence-electron chi connectivity index (χ2n) is 8.27. The minimum Gasteiger partial charge on any atom is -0.423 e. The van der Waals surface area contributed by atoms with E-state index in [1.165, 1.54) is 30.3 Å². The molecule has 33 heavy (non-hydrogen) atoms. The molecule has 0 atom stereocenters. The van der Waals surface area contributed by atoms with Crippen molar-refractivity contribution in [3.8, 4) is 17.6 Å². The fraction of sp³-hybridized carbons (Fsp3) is 0.250. The third-order valence-corrected chi connectivity index (χ3v) is 5.91. The molecule has 2 nitrogen and oxygen atoms in total. The van der Waals surface area contributed by atoms with Gasteiger partial charge in [0.25, 0.3) is 0 Å². The summed E-state index contributed by atoms with van der Waals surface area (Å²) in [6.45, 7) is 2.03. The smallest absolute Gasteiger partial charge is 0.346 e. The van der Waals surface area contributed by atoms with Crippen LogP contribution in [0.25, 0.3) is 10.8 Å². The van der Waals surface area contributed by atoms with Crippen LogP contribution in [0, 0.1) is 41.1 Å². The van der Waals surface area contributed by atoms with Crippen LogP contribution in [0.2, 0.25) is 0 Å². The minimum atomic E-state index is -1.00. The van der Waals surface area contributed by atoms with Crippen molar-refractivity contribution < 1.29 is 22.7 Å². The van der Waals surface area contributed by atoms with Crippen LogP contribution >= 0.6 is 0 Å². The SMILES string of the molecule is C/C=C/C1CCC(C#Cc2ccc(C(=O)Oc3ccc4cc(F)c(F)cc4c3)c(F)c2)CC1. The molecule has 1 saturated carbocycles. The van der Waals surface area contributed by atoms with Gasteiger partial charge in [-0.05, 0) is 91.8 Å². The molecule has 1 aliphatic rings. The Hall–Kier alpha value is -3.52. The van der Waals surface area contributed by atoms with Gasteiger partial charge in [0.1, 0.15) is 11.6 Å². The van der Waals surface area contributed by atoms with E-state index >= 15 is 0 Å². The van der Waals surface area contributed by atoms with Gasteiger partial charge in [-0.1, -0.05) is 30.1 Å². The van der Waals surface area contributed by atoms with Crippen molar-refractivity contribution >= 4 is 16.7 Å². The molecular formula is C28H23F3O2. The van der Waals surface area contributed by atoms with Gasteiger partial charge in [0.15, 0.2) is 11.6 Å². The summed E-state index contributed by atoms with van der Waals surface area (Å²) in [5, 5.41) is 0.822. The molecule has 0 aliphatic heterocycles. The third kappa shape index (κ3) is 5.46. The number of hydrogen-bond acceptors (Lipinski definition) is 2. The van der Waals surface area contributed by atoms with E-state index in [0.29, 0.717) is 28.2 Å². The first-order chi connectivity index (χ1) is 15.9. The predicted molar refractivity (Wildman–Crippen MR) is 122 cm³/mol. The Morgan fingerprint density at radius 1 is 0.909 bits per heavy atom. The molecule has 3 aromatic rings. The maximum absolute atomic E-state index is 14.6. The minimum absolute atomic E-state index is 0.107. The normalized spacial score (nSPS) is 18.2. The first-order valence-electron chi connectivity index (χ1n) is 11.0. The van der Waals surface area contributed by atoms with E-state index in [2.05, 4.69) is 24.0 Å². The number of ether oxygens (including phenoxy) is 1. The number of fused-ring (bicyclic) bond motifs is 1. The second kappa shape index (κ2) is 9.95. The summed E-state index contributed by atoms with van der Waals surface area (Å²) in [4.78, 5) is 12.5. The van der Waals surface area contributed by atoms with Crippen LogP contribution in [0.1, 0.15) is 48.5 Å². The summed E-state index contributed by atoms with van der Waals surface area (Å²) in [5.74, 6) is 3.71. The van der Waals surface area contributed by atoms with E-state index in [1.807, 2.05) is 6.92 Å². The van der Waals surface area contributed by atoms with Gasteiger partial charge in [-0.2, -0.15) is 0 Å². The Morgan fingerprint density at radius 2 is 1.64 bits per heavy atom. The lowest BCUT2D eigenvalue weighted by molar-refractivity contribution is 0.0730. The van der Waals surface area contributed by atoms with Gasteiger partial charge >= 0.3 is 5.97 Å². The molecule has 0 amide bonds. The fourth-order valence-electron chi connectivity index (χ4n) is 4.12. The van der Waals surface area contributed by atoms with Gasteiger partial charge in [-0.3, -0.25) is 0 Å². The molecule has 0 aromatic heterocycles. The van der Waals surface area contributed by atoms with Gasteiger partial charge in [0.2, 0.25) is 0 Å². The van der Waals surface area contributed by atoms with Crippen LogP contribution in [-0.2, 0) is 0 Å². The fourth-order valence-corrected chi connectivity index (χ4v) is 4.12. The monoisotopic (exact) mass is 448 g/mol. The zero-order chi connectivity index (χ0) is 23.4. The number of esters is 1. The number of carbonyl (C=O) groups excluding carboxylic acids is 1. The molecule has 0 spiro atoms. The van der Waals surface area contributed by atoms with Crippen LogP contribution in [0.5, 0.6) is 5.75 Å². The topological polar surface area (TPSA) is 26.3 Å². The third-order valence-electron chi connectivity index (χ3n) is 5.91. The molecule has 0 N–H and O–H groups in total. The Bertz CT molecular complexity index is 1280. The Balaban J connectivity index is 1.43. The summed E-state index contributed by atoms with van der Waals surface area (Å²) in [6, 6.07) is 10.6. The highest BCUT2D eigenvalue weighted by Gasteiger charge is 2.18. The molecule has 0 unspecified atom stereocenters. The molecule has 1 fully saturated rings. The van der Waals surface area contributed by atoms with E-state index in [-0.39, 0.29) is 11.3 Å². The number of carbonyl (C=O) groups is 1. The van der Waals surface area contributed by atoms with Crippen LogP contribution < -0.4 is 4.74 Å². The lowest BCUT2D eigenvalue weighted by Crippen LogP contribution is -2.11. The highest BCUT2D eigenvalue weighted by molar-refractivity contribution is 5.92. The number of rotatable bonds is 3. The van der Waals surface area contributed by atoms with Crippen molar-refractivity contribution in [3.05, 3.63) is 89.3 Å². The summed E-state index contributed by atoms with van der Waals surface area (Å²) in [7, 11) is 0. The van der Waals surface area contributed by atoms with E-state index in [1.54, 1.807) is 6.07 Å². The molecular weight excluding hydrogens is 425 g/mol. The summed E-state index contributed by atoms with van der Waals surface area (Å²) in [6.07, 6.45) is 8.60. The van der Waals surface area contributed by atoms with Crippen molar-refractivity contribution in [2.45, 2.75) is 32.6 Å². The molecule has 0 heterocycles. The van der Waals surface area contributed by atoms with Crippen LogP contribution in [0.15, 0.2) is 60.7 Å². The van der Waals surface area contributed by atoms with Gasteiger partial charge in [0.05, 0.1) is 5.56 Å². The van der Waals surface area contributed by atoms with E-state index in [0.717, 1.165) is 37.8 Å². The highest BCUT2D eigenvalue weighted by atomic mass is 19.2. The number of allylic oxidation sites excluding steroid dienone is 2. The molecule has 168 valence electrons. The first-order valence-corrected chi connectivity index (χ1v) is 11.0. The van der Waals surface area contributed by atoms with Crippen molar-refractivity contribution in [2.24, 2.45) is 11.8 Å². The molecule has 0 radical (unpaired) electrons. The highest BCUT2D eigenvalue weighted by Crippen LogP contribution is 2.29. The average molecular weight is 448 g/mol.